The Kier molecular flexibility index (Phi) is 3.73. The van der Waals surface area contributed by atoms with Crippen LogP contribution in [-0.4, -0.2) is 55.1 Å². The zero-order valence-corrected chi connectivity index (χ0v) is 11.3. The monoisotopic (exact) mass is 255 g/mol. The van der Waals surface area contributed by atoms with Gasteiger partial charge in [0.2, 0.25) is 0 Å². The highest BCUT2D eigenvalue weighted by Gasteiger charge is 2.57. The van der Waals surface area contributed by atoms with E-state index >= 15 is 0 Å². The van der Waals surface area contributed by atoms with Gasteiger partial charge >= 0.3 is 5.97 Å². The molecule has 5 heteroatoms. The molecule has 0 radical (unpaired) electrons. The summed E-state index contributed by atoms with van der Waals surface area (Å²) >= 11 is 0. The average molecular weight is 255 g/mol. The number of carbonyl (C=O) groups is 2. The molecule has 0 aromatic heterocycles. The summed E-state index contributed by atoms with van der Waals surface area (Å²) in [6.07, 6.45) is 0.925. The number of likely N-dealkylation sites (tertiary alicyclic amines) is 1. The van der Waals surface area contributed by atoms with Crippen molar-refractivity contribution in [3.05, 3.63) is 0 Å². The second kappa shape index (κ2) is 4.97. The van der Waals surface area contributed by atoms with Gasteiger partial charge in [-0.05, 0) is 33.7 Å². The molecule has 2 saturated heterocycles. The third kappa shape index (κ3) is 2.17. The molecule has 0 aliphatic carbocycles. The normalized spacial score (nSPS) is 31.8. The number of ether oxygens (including phenoxy) is 2. The maximum absolute atomic E-state index is 12.1. The standard InChI is InChI=1S/C13H21NO4/c1-4-17-12(16)10-11(15)9(2)18-13(10)5-7-14(3)8-6-13/h9-10H,4-8H2,1-3H3. The summed E-state index contributed by atoms with van der Waals surface area (Å²) in [6, 6.07) is 0. The molecule has 0 N–H and O–H groups in total. The van der Waals surface area contributed by atoms with Gasteiger partial charge < -0.3 is 14.4 Å². The van der Waals surface area contributed by atoms with Crippen molar-refractivity contribution in [3.8, 4) is 0 Å². The number of ketones is 1. The van der Waals surface area contributed by atoms with Crippen LogP contribution in [0.4, 0.5) is 0 Å². The molecule has 2 heterocycles. The van der Waals surface area contributed by atoms with E-state index in [1.807, 2.05) is 7.05 Å². The molecular formula is C13H21NO4. The van der Waals surface area contributed by atoms with Crippen molar-refractivity contribution in [2.45, 2.75) is 38.4 Å². The quantitative estimate of drug-likeness (QED) is 0.535. The maximum Gasteiger partial charge on any atom is 0.319 e. The van der Waals surface area contributed by atoms with Gasteiger partial charge in [-0.25, -0.2) is 0 Å². The maximum atomic E-state index is 12.1. The summed E-state index contributed by atoms with van der Waals surface area (Å²) in [6.45, 7) is 5.46. The van der Waals surface area contributed by atoms with Gasteiger partial charge in [0.05, 0.1) is 12.2 Å². The van der Waals surface area contributed by atoms with Crippen molar-refractivity contribution in [1.82, 2.24) is 4.90 Å². The van der Waals surface area contributed by atoms with E-state index in [0.29, 0.717) is 19.4 Å². The zero-order valence-electron chi connectivity index (χ0n) is 11.3. The fourth-order valence-corrected chi connectivity index (χ4v) is 2.93. The molecule has 2 aliphatic rings. The Labute approximate surface area is 107 Å². The number of hydrogen-bond acceptors (Lipinski definition) is 5. The third-order valence-electron chi connectivity index (χ3n) is 3.98. The number of nitrogens with zero attached hydrogens (tertiary/aromatic N) is 1. The molecule has 2 aliphatic heterocycles. The molecule has 0 bridgehead atoms. The molecule has 2 atom stereocenters. The molecule has 0 aromatic carbocycles. The third-order valence-corrected chi connectivity index (χ3v) is 3.98. The molecule has 1 spiro atoms. The summed E-state index contributed by atoms with van der Waals surface area (Å²) in [5, 5.41) is 0. The van der Waals surface area contributed by atoms with Crippen molar-refractivity contribution >= 4 is 11.8 Å². The van der Waals surface area contributed by atoms with E-state index < -0.39 is 23.6 Å². The molecule has 102 valence electrons. The number of Topliss-reactive ketones (excluding diaryl/α,β-unsaturated/α-hetero) is 1. The van der Waals surface area contributed by atoms with Crippen molar-refractivity contribution in [2.24, 2.45) is 5.92 Å². The summed E-state index contributed by atoms with van der Waals surface area (Å²) in [4.78, 5) is 26.3. The van der Waals surface area contributed by atoms with E-state index in [2.05, 4.69) is 4.90 Å². The Hall–Kier alpha value is -0.940. The zero-order chi connectivity index (χ0) is 13.3. The van der Waals surface area contributed by atoms with Crippen LogP contribution < -0.4 is 0 Å². The Morgan fingerprint density at radius 2 is 2.11 bits per heavy atom. The largest absolute Gasteiger partial charge is 0.465 e. The highest BCUT2D eigenvalue weighted by atomic mass is 16.6. The fraction of sp³-hybridized carbons (Fsp3) is 0.846. The summed E-state index contributed by atoms with van der Waals surface area (Å²) in [7, 11) is 2.03. The first kappa shape index (κ1) is 13.5. The number of hydrogen-bond donors (Lipinski definition) is 0. The van der Waals surface area contributed by atoms with E-state index in [0.717, 1.165) is 13.1 Å². The molecular weight excluding hydrogens is 234 g/mol. The lowest BCUT2D eigenvalue weighted by atomic mass is 9.79. The van der Waals surface area contributed by atoms with Crippen LogP contribution in [0, 0.1) is 5.92 Å². The lowest BCUT2D eigenvalue weighted by Gasteiger charge is -2.39. The van der Waals surface area contributed by atoms with Crippen LogP contribution in [0.15, 0.2) is 0 Å². The molecule has 0 saturated carbocycles. The molecule has 5 nitrogen and oxygen atoms in total. The number of carbonyl (C=O) groups excluding carboxylic acids is 2. The van der Waals surface area contributed by atoms with Crippen LogP contribution in [0.25, 0.3) is 0 Å². The summed E-state index contributed by atoms with van der Waals surface area (Å²) in [5.41, 5.74) is -0.630. The molecule has 18 heavy (non-hydrogen) atoms. The first-order valence-electron chi connectivity index (χ1n) is 6.57. The van der Waals surface area contributed by atoms with Crippen molar-refractivity contribution in [2.75, 3.05) is 26.7 Å². The number of rotatable bonds is 2. The fourth-order valence-electron chi connectivity index (χ4n) is 2.93. The summed E-state index contributed by atoms with van der Waals surface area (Å²) < 4.78 is 10.9. The van der Waals surface area contributed by atoms with Crippen molar-refractivity contribution in [3.63, 3.8) is 0 Å². The van der Waals surface area contributed by atoms with Crippen LogP contribution in [0.1, 0.15) is 26.7 Å². The average Bonchev–Trinajstić information content (AvgIpc) is 2.56. The van der Waals surface area contributed by atoms with Gasteiger partial charge in [-0.2, -0.15) is 0 Å². The predicted molar refractivity (Wildman–Crippen MR) is 65.1 cm³/mol. The van der Waals surface area contributed by atoms with Crippen molar-refractivity contribution in [1.29, 1.82) is 0 Å². The van der Waals surface area contributed by atoms with Crippen LogP contribution in [-0.2, 0) is 19.1 Å². The van der Waals surface area contributed by atoms with Gasteiger partial charge in [-0.3, -0.25) is 9.59 Å². The second-order valence-electron chi connectivity index (χ2n) is 5.22. The van der Waals surface area contributed by atoms with E-state index in [9.17, 15) is 9.59 Å². The lowest BCUT2D eigenvalue weighted by molar-refractivity contribution is -0.159. The molecule has 0 aromatic rings. The van der Waals surface area contributed by atoms with Crippen LogP contribution in [0.5, 0.6) is 0 Å². The number of piperidine rings is 1. The molecule has 2 unspecified atom stereocenters. The lowest BCUT2D eigenvalue weighted by Crippen LogP contribution is -2.50. The van der Waals surface area contributed by atoms with Crippen LogP contribution in [0.3, 0.4) is 0 Å². The minimum atomic E-state index is -0.735. The first-order valence-corrected chi connectivity index (χ1v) is 6.57. The van der Waals surface area contributed by atoms with Crippen molar-refractivity contribution < 1.29 is 19.1 Å². The van der Waals surface area contributed by atoms with E-state index in [1.165, 1.54) is 0 Å². The summed E-state index contributed by atoms with van der Waals surface area (Å²) in [5.74, 6) is -1.28. The highest BCUT2D eigenvalue weighted by Crippen LogP contribution is 2.41. The van der Waals surface area contributed by atoms with Crippen LogP contribution >= 0.6 is 0 Å². The Balaban J connectivity index is 2.22. The number of esters is 1. The van der Waals surface area contributed by atoms with Gasteiger partial charge in [0.25, 0.3) is 0 Å². The highest BCUT2D eigenvalue weighted by molar-refractivity contribution is 6.04. The minimum absolute atomic E-state index is 0.127. The SMILES string of the molecule is CCOC(=O)C1C(=O)C(C)OC12CCN(C)CC2. The molecule has 0 amide bonds. The van der Waals surface area contributed by atoms with E-state index in [-0.39, 0.29) is 5.78 Å². The van der Waals surface area contributed by atoms with Gasteiger partial charge in [0, 0.05) is 13.1 Å². The van der Waals surface area contributed by atoms with E-state index in [4.69, 9.17) is 9.47 Å². The Morgan fingerprint density at radius 3 is 2.67 bits per heavy atom. The Bertz CT molecular complexity index is 347. The van der Waals surface area contributed by atoms with Gasteiger partial charge in [-0.1, -0.05) is 0 Å². The van der Waals surface area contributed by atoms with E-state index in [1.54, 1.807) is 13.8 Å². The van der Waals surface area contributed by atoms with Gasteiger partial charge in [0.1, 0.15) is 12.0 Å². The van der Waals surface area contributed by atoms with Gasteiger partial charge in [-0.15, -0.1) is 0 Å². The molecule has 2 fully saturated rings. The van der Waals surface area contributed by atoms with Crippen LogP contribution in [0.2, 0.25) is 0 Å². The second-order valence-corrected chi connectivity index (χ2v) is 5.22. The smallest absolute Gasteiger partial charge is 0.319 e. The topological polar surface area (TPSA) is 55.8 Å². The minimum Gasteiger partial charge on any atom is -0.465 e. The first-order chi connectivity index (χ1) is 8.50. The van der Waals surface area contributed by atoms with Gasteiger partial charge in [0.15, 0.2) is 5.78 Å². The Morgan fingerprint density at radius 1 is 1.50 bits per heavy atom. The predicted octanol–water partition coefficient (Wildman–Crippen LogP) is 0.618. The molecule has 2 rings (SSSR count).